The molecule has 1 heterocycles. The second-order valence-corrected chi connectivity index (χ2v) is 6.42. The lowest BCUT2D eigenvalue weighted by Crippen LogP contribution is -2.44. The number of para-hydroxylation sites is 1. The maximum Gasteiger partial charge on any atom is 0.271 e. The molecule has 130 valence electrons. The number of hydrogen-bond acceptors (Lipinski definition) is 4. The molecule has 6 nitrogen and oxygen atoms in total. The fourth-order valence-corrected chi connectivity index (χ4v) is 3.28. The van der Waals surface area contributed by atoms with Gasteiger partial charge >= 0.3 is 0 Å². The van der Waals surface area contributed by atoms with Gasteiger partial charge in [0.05, 0.1) is 15.6 Å². The van der Waals surface area contributed by atoms with E-state index in [9.17, 15) is 14.9 Å². The van der Waals surface area contributed by atoms with Gasteiger partial charge < -0.3 is 10.2 Å². The lowest BCUT2D eigenvalue weighted by atomic mass is 10.00. The van der Waals surface area contributed by atoms with Gasteiger partial charge in [-0.05, 0) is 37.5 Å². The van der Waals surface area contributed by atoms with Crippen LogP contribution in [-0.4, -0.2) is 23.4 Å². The highest BCUT2D eigenvalue weighted by molar-refractivity contribution is 6.34. The van der Waals surface area contributed by atoms with E-state index in [1.54, 1.807) is 0 Å². The molecular formula is C18H18ClN3O3. The molecule has 0 aliphatic carbocycles. The van der Waals surface area contributed by atoms with E-state index in [1.807, 2.05) is 25.1 Å². The van der Waals surface area contributed by atoms with E-state index in [4.69, 9.17) is 11.6 Å². The van der Waals surface area contributed by atoms with Crippen molar-refractivity contribution in [1.82, 2.24) is 0 Å². The van der Waals surface area contributed by atoms with Crippen molar-refractivity contribution in [3.63, 3.8) is 0 Å². The minimum atomic E-state index is -0.523. The summed E-state index contributed by atoms with van der Waals surface area (Å²) in [6.07, 6.45) is 2.00. The molecule has 1 N–H and O–H groups in total. The van der Waals surface area contributed by atoms with Crippen LogP contribution in [0, 0.1) is 10.1 Å². The van der Waals surface area contributed by atoms with Gasteiger partial charge in [0, 0.05) is 24.4 Å². The number of amides is 1. The van der Waals surface area contributed by atoms with Gasteiger partial charge in [0.2, 0.25) is 5.91 Å². The summed E-state index contributed by atoms with van der Waals surface area (Å²) >= 11 is 6.06. The summed E-state index contributed by atoms with van der Waals surface area (Å²) in [5.74, 6) is -0.201. The Morgan fingerprint density at radius 2 is 2.08 bits per heavy atom. The highest BCUT2D eigenvalue weighted by Crippen LogP contribution is 2.30. The van der Waals surface area contributed by atoms with E-state index in [0.29, 0.717) is 5.69 Å². The molecule has 1 atom stereocenters. The Labute approximate surface area is 150 Å². The maximum atomic E-state index is 12.6. The fourth-order valence-electron chi connectivity index (χ4n) is 3.06. The van der Waals surface area contributed by atoms with Crippen LogP contribution < -0.4 is 10.2 Å². The number of benzene rings is 2. The average Bonchev–Trinajstić information content (AvgIpc) is 2.62. The molecule has 0 unspecified atom stereocenters. The van der Waals surface area contributed by atoms with Crippen molar-refractivity contribution in [1.29, 1.82) is 0 Å². The van der Waals surface area contributed by atoms with Crippen LogP contribution in [0.1, 0.15) is 18.9 Å². The molecule has 1 amide bonds. The molecule has 0 saturated carbocycles. The smallest absolute Gasteiger partial charge is 0.271 e. The Morgan fingerprint density at radius 1 is 1.32 bits per heavy atom. The van der Waals surface area contributed by atoms with Gasteiger partial charge in [-0.3, -0.25) is 14.9 Å². The lowest BCUT2D eigenvalue weighted by Gasteiger charge is -2.35. The van der Waals surface area contributed by atoms with E-state index in [0.717, 1.165) is 25.1 Å². The Bertz CT molecular complexity index is 825. The molecule has 3 rings (SSSR count). The molecule has 25 heavy (non-hydrogen) atoms. The summed E-state index contributed by atoms with van der Waals surface area (Å²) in [6, 6.07) is 11.7. The van der Waals surface area contributed by atoms with Crippen LogP contribution >= 0.6 is 11.6 Å². The number of nitrogens with one attached hydrogen (secondary N) is 1. The van der Waals surface area contributed by atoms with Gasteiger partial charge in [-0.15, -0.1) is 0 Å². The number of carbonyl (C=O) groups excluding carboxylic acids is 1. The zero-order valence-corrected chi connectivity index (χ0v) is 14.5. The molecule has 2 aromatic carbocycles. The number of nitrogens with zero attached hydrogens (tertiary/aromatic N) is 2. The number of rotatable bonds is 4. The van der Waals surface area contributed by atoms with Crippen LogP contribution in [0.25, 0.3) is 0 Å². The van der Waals surface area contributed by atoms with Gasteiger partial charge in [-0.25, -0.2) is 0 Å². The van der Waals surface area contributed by atoms with Crippen molar-refractivity contribution in [2.75, 3.05) is 16.8 Å². The summed E-state index contributed by atoms with van der Waals surface area (Å²) in [4.78, 5) is 25.0. The Kier molecular flexibility index (Phi) is 4.90. The number of halogens is 1. The molecule has 2 aromatic rings. The van der Waals surface area contributed by atoms with Crippen molar-refractivity contribution in [3.8, 4) is 0 Å². The maximum absolute atomic E-state index is 12.6. The second-order valence-electron chi connectivity index (χ2n) is 6.01. The number of nitro groups is 1. The zero-order chi connectivity index (χ0) is 18.0. The third-order valence-corrected chi connectivity index (χ3v) is 4.73. The highest BCUT2D eigenvalue weighted by atomic mass is 35.5. The normalized spacial score (nSPS) is 14.6. The molecule has 0 fully saturated rings. The number of non-ortho nitro benzene ring substituents is 1. The van der Waals surface area contributed by atoms with E-state index in [2.05, 4.69) is 16.3 Å². The third kappa shape index (κ3) is 3.58. The number of hydrogen-bond donors (Lipinski definition) is 1. The standard InChI is InChI=1S/C18H18ClN3O3/c1-12(21-10-4-6-13-5-2-3-7-17(13)21)18(23)20-16-9-8-14(22(24)25)11-15(16)19/h2-3,5,7-9,11-12H,4,6,10H2,1H3,(H,20,23)/t12-/m0/s1. The van der Waals surface area contributed by atoms with E-state index >= 15 is 0 Å². The lowest BCUT2D eigenvalue weighted by molar-refractivity contribution is -0.384. The van der Waals surface area contributed by atoms with E-state index < -0.39 is 4.92 Å². The van der Waals surface area contributed by atoms with Gasteiger partial charge in [0.1, 0.15) is 6.04 Å². The quantitative estimate of drug-likeness (QED) is 0.660. The Hall–Kier alpha value is -2.60. The number of anilines is 2. The first-order valence-electron chi connectivity index (χ1n) is 8.06. The molecular weight excluding hydrogens is 342 g/mol. The largest absolute Gasteiger partial charge is 0.360 e. The van der Waals surface area contributed by atoms with Crippen LogP contribution in [0.2, 0.25) is 5.02 Å². The SMILES string of the molecule is C[C@@H](C(=O)Nc1ccc([N+](=O)[O-])cc1Cl)N1CCCc2ccccc21. The van der Waals surface area contributed by atoms with Gasteiger partial charge in [-0.2, -0.15) is 0 Å². The van der Waals surface area contributed by atoms with Crippen LogP contribution in [0.3, 0.4) is 0 Å². The summed E-state index contributed by atoms with van der Waals surface area (Å²) in [5, 5.41) is 13.7. The van der Waals surface area contributed by atoms with Crippen LogP contribution in [0.5, 0.6) is 0 Å². The van der Waals surface area contributed by atoms with E-state index in [-0.39, 0.29) is 22.7 Å². The molecule has 0 spiro atoms. The van der Waals surface area contributed by atoms with Crippen LogP contribution in [0.4, 0.5) is 17.1 Å². The van der Waals surface area contributed by atoms with Gasteiger partial charge in [-0.1, -0.05) is 29.8 Å². The van der Waals surface area contributed by atoms with Crippen molar-refractivity contribution < 1.29 is 9.72 Å². The molecule has 0 radical (unpaired) electrons. The predicted octanol–water partition coefficient (Wildman–Crippen LogP) is 4.03. The zero-order valence-electron chi connectivity index (χ0n) is 13.7. The highest BCUT2D eigenvalue weighted by Gasteiger charge is 2.26. The summed E-state index contributed by atoms with van der Waals surface area (Å²) < 4.78 is 0. The molecule has 1 aliphatic heterocycles. The van der Waals surface area contributed by atoms with Crippen molar-refractivity contribution in [2.45, 2.75) is 25.8 Å². The van der Waals surface area contributed by atoms with Crippen molar-refractivity contribution in [2.24, 2.45) is 0 Å². The van der Waals surface area contributed by atoms with Crippen LogP contribution in [0.15, 0.2) is 42.5 Å². The van der Waals surface area contributed by atoms with E-state index in [1.165, 1.54) is 23.8 Å². The first kappa shape index (κ1) is 17.2. The first-order valence-corrected chi connectivity index (χ1v) is 8.44. The minimum absolute atomic E-state index is 0.110. The Morgan fingerprint density at radius 3 is 2.80 bits per heavy atom. The number of carbonyl (C=O) groups is 1. The molecule has 0 bridgehead atoms. The second kappa shape index (κ2) is 7.11. The van der Waals surface area contributed by atoms with Gasteiger partial charge in [0.15, 0.2) is 0 Å². The third-order valence-electron chi connectivity index (χ3n) is 4.41. The number of aryl methyl sites for hydroxylation is 1. The van der Waals surface area contributed by atoms with Gasteiger partial charge in [0.25, 0.3) is 5.69 Å². The summed E-state index contributed by atoms with van der Waals surface area (Å²) in [7, 11) is 0. The first-order chi connectivity index (χ1) is 12.0. The summed E-state index contributed by atoms with van der Waals surface area (Å²) in [5.41, 5.74) is 2.57. The minimum Gasteiger partial charge on any atom is -0.360 e. The number of nitro benzene ring substituents is 1. The molecule has 7 heteroatoms. The molecule has 0 saturated heterocycles. The Balaban J connectivity index is 1.77. The molecule has 1 aliphatic rings. The van der Waals surface area contributed by atoms with Crippen molar-refractivity contribution in [3.05, 3.63) is 63.2 Å². The monoisotopic (exact) mass is 359 g/mol. The number of fused-ring (bicyclic) bond motifs is 1. The topological polar surface area (TPSA) is 75.5 Å². The predicted molar refractivity (Wildman–Crippen MR) is 98.3 cm³/mol. The molecule has 0 aromatic heterocycles. The fraction of sp³-hybridized carbons (Fsp3) is 0.278. The average molecular weight is 360 g/mol. The summed E-state index contributed by atoms with van der Waals surface area (Å²) in [6.45, 7) is 2.65. The van der Waals surface area contributed by atoms with Crippen LogP contribution in [-0.2, 0) is 11.2 Å². The van der Waals surface area contributed by atoms with Crippen molar-refractivity contribution >= 4 is 34.6 Å².